The molecule has 6 nitrogen and oxygen atoms in total. The van der Waals surface area contributed by atoms with E-state index in [0.29, 0.717) is 10.2 Å². The Kier molecular flexibility index (Phi) is 3.76. The smallest absolute Gasteiger partial charge is 0.267 e. The molecular formula is C12H12ClN5OS2. The highest BCUT2D eigenvalue weighted by Crippen LogP contribution is 2.35. The Balaban J connectivity index is 2.12. The van der Waals surface area contributed by atoms with Crippen LogP contribution in [0.4, 0.5) is 0 Å². The number of halogens is 1. The minimum Gasteiger partial charge on any atom is -0.267 e. The number of nitrogens with zero attached hydrogens (tertiary/aromatic N) is 4. The van der Waals surface area contributed by atoms with Crippen molar-refractivity contribution in [3.63, 3.8) is 0 Å². The molecule has 0 atom stereocenters. The molecule has 0 unspecified atom stereocenters. The van der Waals surface area contributed by atoms with Crippen molar-refractivity contribution >= 4 is 44.9 Å². The van der Waals surface area contributed by atoms with Crippen molar-refractivity contribution in [2.24, 2.45) is 0 Å². The summed E-state index contributed by atoms with van der Waals surface area (Å²) in [4.78, 5) is 22.2. The molecule has 21 heavy (non-hydrogen) atoms. The average Bonchev–Trinajstić information content (AvgIpc) is 2.92. The molecule has 0 aromatic carbocycles. The first kappa shape index (κ1) is 14.6. The van der Waals surface area contributed by atoms with Gasteiger partial charge >= 0.3 is 5.69 Å². The maximum absolute atomic E-state index is 11.8. The van der Waals surface area contributed by atoms with Gasteiger partial charge < -0.3 is 0 Å². The van der Waals surface area contributed by atoms with E-state index in [1.165, 1.54) is 11.8 Å². The second kappa shape index (κ2) is 5.43. The predicted molar refractivity (Wildman–Crippen MR) is 84.5 cm³/mol. The van der Waals surface area contributed by atoms with Gasteiger partial charge in [-0.3, -0.25) is 4.57 Å². The summed E-state index contributed by atoms with van der Waals surface area (Å²) in [5.41, 5.74) is -0.231. The number of aromatic nitrogens is 5. The predicted octanol–water partition coefficient (Wildman–Crippen LogP) is 3.27. The Morgan fingerprint density at radius 2 is 2.19 bits per heavy atom. The molecule has 0 aliphatic heterocycles. The summed E-state index contributed by atoms with van der Waals surface area (Å²) >= 11 is 8.85. The normalized spacial score (nSPS) is 11.7. The first-order chi connectivity index (χ1) is 9.95. The van der Waals surface area contributed by atoms with Crippen molar-refractivity contribution in [1.82, 2.24) is 24.7 Å². The van der Waals surface area contributed by atoms with Gasteiger partial charge in [-0.2, -0.15) is 0 Å². The van der Waals surface area contributed by atoms with E-state index in [-0.39, 0.29) is 17.0 Å². The first-order valence-electron chi connectivity index (χ1n) is 6.24. The maximum Gasteiger partial charge on any atom is 0.344 e. The van der Waals surface area contributed by atoms with Crippen molar-refractivity contribution < 1.29 is 0 Å². The highest BCUT2D eigenvalue weighted by Gasteiger charge is 2.17. The van der Waals surface area contributed by atoms with Gasteiger partial charge in [0.15, 0.2) is 5.16 Å². The molecular weight excluding hydrogens is 330 g/mol. The molecule has 0 radical (unpaired) electrons. The van der Waals surface area contributed by atoms with Crippen LogP contribution in [0.1, 0.15) is 24.8 Å². The van der Waals surface area contributed by atoms with Crippen LogP contribution in [0.2, 0.25) is 5.28 Å². The van der Waals surface area contributed by atoms with E-state index >= 15 is 0 Å². The molecule has 9 heteroatoms. The monoisotopic (exact) mass is 341 g/mol. The molecule has 0 aliphatic rings. The van der Waals surface area contributed by atoms with E-state index in [1.807, 2.05) is 26.8 Å². The third-order valence-electron chi connectivity index (χ3n) is 2.83. The average molecular weight is 342 g/mol. The molecule has 3 aromatic rings. The van der Waals surface area contributed by atoms with Crippen molar-refractivity contribution in [1.29, 1.82) is 0 Å². The third kappa shape index (κ3) is 2.70. The van der Waals surface area contributed by atoms with E-state index in [9.17, 15) is 4.79 Å². The Bertz CT molecular complexity index is 866. The lowest BCUT2D eigenvalue weighted by Gasteiger charge is -2.08. The largest absolute Gasteiger partial charge is 0.344 e. The van der Waals surface area contributed by atoms with Crippen LogP contribution in [0, 0.1) is 6.92 Å². The van der Waals surface area contributed by atoms with E-state index in [4.69, 9.17) is 11.6 Å². The lowest BCUT2D eigenvalue weighted by Crippen LogP contribution is -2.19. The molecule has 3 rings (SSSR count). The molecule has 0 spiro atoms. The first-order valence-corrected chi connectivity index (χ1v) is 8.25. The van der Waals surface area contributed by atoms with Gasteiger partial charge in [0.25, 0.3) is 0 Å². The van der Waals surface area contributed by atoms with Crippen LogP contribution in [0.25, 0.3) is 10.2 Å². The maximum atomic E-state index is 11.8. The molecule has 0 aliphatic carbocycles. The summed E-state index contributed by atoms with van der Waals surface area (Å²) in [6.45, 7) is 5.86. The second-order valence-corrected chi connectivity index (χ2v) is 7.28. The molecule has 0 saturated heterocycles. The fourth-order valence-electron chi connectivity index (χ4n) is 1.97. The molecule has 0 saturated carbocycles. The van der Waals surface area contributed by atoms with Crippen LogP contribution in [-0.2, 0) is 0 Å². The Hall–Kier alpha value is -1.38. The SMILES string of the molecule is Cc1cc2c(Sc3n[nH]c(=O)n3C(C)C)nc(Cl)nc2s1. The minimum atomic E-state index is -0.231. The fraction of sp³-hybridized carbons (Fsp3) is 0.333. The number of aryl methyl sites for hydroxylation is 1. The van der Waals surface area contributed by atoms with E-state index in [0.717, 1.165) is 15.1 Å². The van der Waals surface area contributed by atoms with Crippen molar-refractivity contribution in [2.45, 2.75) is 37.0 Å². The molecule has 1 N–H and O–H groups in total. The van der Waals surface area contributed by atoms with Gasteiger partial charge in [-0.05, 0) is 50.2 Å². The zero-order valence-corrected chi connectivity index (χ0v) is 13.9. The zero-order valence-electron chi connectivity index (χ0n) is 11.5. The summed E-state index contributed by atoms with van der Waals surface area (Å²) in [7, 11) is 0. The summed E-state index contributed by atoms with van der Waals surface area (Å²) in [5.74, 6) is 0. The second-order valence-electron chi connectivity index (χ2n) is 4.75. The standard InChI is InChI=1S/C12H12ClN5OS2/c1-5(2)18-11(19)16-17-12(18)21-9-7-4-6(3)20-8(7)14-10(13)15-9/h4-5H,1-3H3,(H,16,19). The van der Waals surface area contributed by atoms with E-state index < -0.39 is 0 Å². The number of nitrogens with one attached hydrogen (secondary N) is 1. The molecule has 3 aromatic heterocycles. The minimum absolute atomic E-state index is 0.00996. The Morgan fingerprint density at radius 1 is 1.43 bits per heavy atom. The number of aromatic amines is 1. The van der Waals surface area contributed by atoms with Gasteiger partial charge in [0, 0.05) is 16.3 Å². The number of hydrogen-bond donors (Lipinski definition) is 1. The lowest BCUT2D eigenvalue weighted by molar-refractivity contribution is 0.534. The summed E-state index contributed by atoms with van der Waals surface area (Å²) in [6.07, 6.45) is 0. The zero-order chi connectivity index (χ0) is 15.1. The molecule has 0 bridgehead atoms. The molecule has 0 fully saturated rings. The lowest BCUT2D eigenvalue weighted by atomic mass is 10.4. The molecule has 3 heterocycles. The molecule has 110 valence electrons. The van der Waals surface area contributed by atoms with Crippen LogP contribution in [0.15, 0.2) is 21.0 Å². The van der Waals surface area contributed by atoms with Crippen LogP contribution < -0.4 is 5.69 Å². The van der Waals surface area contributed by atoms with Crippen LogP contribution in [0.3, 0.4) is 0 Å². The fourth-order valence-corrected chi connectivity index (χ4v) is 4.24. The van der Waals surface area contributed by atoms with Crippen molar-refractivity contribution in [2.75, 3.05) is 0 Å². The number of thiophene rings is 1. The van der Waals surface area contributed by atoms with Crippen molar-refractivity contribution in [3.8, 4) is 0 Å². The third-order valence-corrected chi connectivity index (χ3v) is 4.92. The Morgan fingerprint density at radius 3 is 2.90 bits per heavy atom. The van der Waals surface area contributed by atoms with Gasteiger partial charge in [-0.15, -0.1) is 16.4 Å². The summed E-state index contributed by atoms with van der Waals surface area (Å²) in [5, 5.41) is 8.93. The van der Waals surface area contributed by atoms with Gasteiger partial charge in [-0.25, -0.2) is 19.9 Å². The van der Waals surface area contributed by atoms with Gasteiger partial charge in [0.2, 0.25) is 5.28 Å². The summed E-state index contributed by atoms with van der Waals surface area (Å²) in [6, 6.07) is 2.03. The van der Waals surface area contributed by atoms with Crippen LogP contribution in [0.5, 0.6) is 0 Å². The number of hydrogen-bond acceptors (Lipinski definition) is 6. The van der Waals surface area contributed by atoms with Crippen LogP contribution >= 0.6 is 34.7 Å². The number of fused-ring (bicyclic) bond motifs is 1. The van der Waals surface area contributed by atoms with Gasteiger partial charge in [0.05, 0.1) is 0 Å². The number of rotatable bonds is 3. The quantitative estimate of drug-likeness (QED) is 0.584. The van der Waals surface area contributed by atoms with Gasteiger partial charge in [0.1, 0.15) is 9.86 Å². The van der Waals surface area contributed by atoms with Crippen LogP contribution in [-0.4, -0.2) is 24.7 Å². The highest BCUT2D eigenvalue weighted by atomic mass is 35.5. The Labute approximate surface area is 133 Å². The van der Waals surface area contributed by atoms with Crippen molar-refractivity contribution in [3.05, 3.63) is 26.7 Å². The summed E-state index contributed by atoms with van der Waals surface area (Å²) < 4.78 is 1.59. The van der Waals surface area contributed by atoms with E-state index in [1.54, 1.807) is 15.9 Å². The molecule has 0 amide bonds. The van der Waals surface area contributed by atoms with Gasteiger partial charge in [-0.1, -0.05) is 0 Å². The highest BCUT2D eigenvalue weighted by molar-refractivity contribution is 7.99. The number of H-pyrrole nitrogens is 1. The topological polar surface area (TPSA) is 76.5 Å². The van der Waals surface area contributed by atoms with E-state index in [2.05, 4.69) is 20.2 Å².